The molecule has 0 radical (unpaired) electrons. The second kappa shape index (κ2) is 6.06. The number of ether oxygens (including phenoxy) is 1. The number of benzene rings is 1. The van der Waals surface area contributed by atoms with E-state index in [1.807, 2.05) is 30.3 Å². The van der Waals surface area contributed by atoms with Crippen LogP contribution in [0.1, 0.15) is 19.4 Å². The molecule has 0 aromatic heterocycles. The van der Waals surface area contributed by atoms with E-state index in [1.165, 1.54) is 0 Å². The molecule has 0 unspecified atom stereocenters. The minimum absolute atomic E-state index is 0.138. The monoisotopic (exact) mass is 285 g/mol. The lowest BCUT2D eigenvalue weighted by Crippen LogP contribution is -2.48. The molecule has 1 aromatic rings. The van der Waals surface area contributed by atoms with Gasteiger partial charge in [-0.25, -0.2) is 13.2 Å². The third kappa shape index (κ3) is 6.81. The third-order valence-electron chi connectivity index (χ3n) is 2.28. The summed E-state index contributed by atoms with van der Waals surface area (Å²) in [6.45, 7) is 3.43. The Morgan fingerprint density at radius 1 is 1.26 bits per heavy atom. The fourth-order valence-corrected chi connectivity index (χ4v) is 3.11. The zero-order chi connectivity index (χ0) is 14.5. The van der Waals surface area contributed by atoms with Crippen LogP contribution in [0.3, 0.4) is 0 Å². The first-order valence-corrected chi connectivity index (χ1v) is 7.91. The summed E-state index contributed by atoms with van der Waals surface area (Å²) >= 11 is 0. The molecule has 1 N–H and O–H groups in total. The highest BCUT2D eigenvalue weighted by Crippen LogP contribution is 2.07. The van der Waals surface area contributed by atoms with Gasteiger partial charge in [-0.15, -0.1) is 0 Å². The molecule has 0 heterocycles. The molecule has 0 spiro atoms. The summed E-state index contributed by atoms with van der Waals surface area (Å²) in [5, 5.41) is 2.54. The molecule has 0 aliphatic heterocycles. The summed E-state index contributed by atoms with van der Waals surface area (Å²) in [7, 11) is -3.16. The highest BCUT2D eigenvalue weighted by molar-refractivity contribution is 7.90. The standard InChI is InChI=1S/C13H19NO4S/c1-13(2,10-19(3,16)17)14-12(15)18-9-11-7-5-4-6-8-11/h4-8H,9-10H2,1-3H3,(H,14,15). The van der Waals surface area contributed by atoms with Crippen LogP contribution in [0.2, 0.25) is 0 Å². The molecular formula is C13H19NO4S. The average molecular weight is 285 g/mol. The van der Waals surface area contributed by atoms with Crippen molar-refractivity contribution in [3.63, 3.8) is 0 Å². The quantitative estimate of drug-likeness (QED) is 0.894. The van der Waals surface area contributed by atoms with Gasteiger partial charge in [-0.1, -0.05) is 30.3 Å². The van der Waals surface area contributed by atoms with Crippen molar-refractivity contribution in [2.75, 3.05) is 12.0 Å². The van der Waals surface area contributed by atoms with Gasteiger partial charge in [-0.3, -0.25) is 0 Å². The Morgan fingerprint density at radius 2 is 1.84 bits per heavy atom. The SMILES string of the molecule is CC(C)(CS(C)(=O)=O)NC(=O)OCc1ccccc1. The van der Waals surface area contributed by atoms with Gasteiger partial charge in [0.2, 0.25) is 0 Å². The van der Waals surface area contributed by atoms with E-state index >= 15 is 0 Å². The fourth-order valence-electron chi connectivity index (χ4n) is 1.73. The summed E-state index contributed by atoms with van der Waals surface area (Å²) in [4.78, 5) is 11.6. The fraction of sp³-hybridized carbons (Fsp3) is 0.462. The third-order valence-corrected chi connectivity index (χ3v) is 3.52. The average Bonchev–Trinajstić information content (AvgIpc) is 2.23. The lowest BCUT2D eigenvalue weighted by Gasteiger charge is -2.24. The van der Waals surface area contributed by atoms with Crippen molar-refractivity contribution >= 4 is 15.9 Å². The van der Waals surface area contributed by atoms with Crippen molar-refractivity contribution in [1.29, 1.82) is 0 Å². The van der Waals surface area contributed by atoms with Gasteiger partial charge in [0.15, 0.2) is 0 Å². The minimum Gasteiger partial charge on any atom is -0.445 e. The predicted octanol–water partition coefficient (Wildman–Crippen LogP) is 1.74. The maximum Gasteiger partial charge on any atom is 0.407 e. The smallest absolute Gasteiger partial charge is 0.407 e. The lowest BCUT2D eigenvalue weighted by molar-refractivity contribution is 0.131. The Labute approximate surface area is 113 Å². The van der Waals surface area contributed by atoms with Crippen molar-refractivity contribution in [3.05, 3.63) is 35.9 Å². The van der Waals surface area contributed by atoms with Crippen molar-refractivity contribution in [1.82, 2.24) is 5.32 Å². The number of rotatable bonds is 5. The lowest BCUT2D eigenvalue weighted by atomic mass is 10.1. The van der Waals surface area contributed by atoms with E-state index < -0.39 is 21.5 Å². The predicted molar refractivity (Wildman–Crippen MR) is 73.6 cm³/mol. The van der Waals surface area contributed by atoms with Gasteiger partial charge >= 0.3 is 6.09 Å². The van der Waals surface area contributed by atoms with E-state index in [2.05, 4.69) is 5.32 Å². The minimum atomic E-state index is -3.16. The van der Waals surface area contributed by atoms with Crippen LogP contribution in [0.4, 0.5) is 4.79 Å². The van der Waals surface area contributed by atoms with E-state index in [9.17, 15) is 13.2 Å². The van der Waals surface area contributed by atoms with Crippen LogP contribution in [0, 0.1) is 0 Å². The topological polar surface area (TPSA) is 72.5 Å². The normalized spacial score (nSPS) is 11.9. The number of nitrogens with one attached hydrogen (secondary N) is 1. The molecule has 19 heavy (non-hydrogen) atoms. The molecule has 0 saturated carbocycles. The highest BCUT2D eigenvalue weighted by atomic mass is 32.2. The van der Waals surface area contributed by atoms with Crippen LogP contribution < -0.4 is 5.32 Å². The summed E-state index contributed by atoms with van der Waals surface area (Å²) in [5.74, 6) is -0.138. The van der Waals surface area contributed by atoms with Crippen LogP contribution in [0.15, 0.2) is 30.3 Å². The number of amides is 1. The number of alkyl carbamates (subject to hydrolysis) is 1. The van der Waals surface area contributed by atoms with Gasteiger partial charge in [-0.2, -0.15) is 0 Å². The van der Waals surface area contributed by atoms with Crippen molar-refractivity contribution in [2.45, 2.75) is 26.0 Å². The molecular weight excluding hydrogens is 266 g/mol. The van der Waals surface area contributed by atoms with Crippen LogP contribution >= 0.6 is 0 Å². The Kier molecular flexibility index (Phi) is 4.94. The second-order valence-corrected chi connectivity index (χ2v) is 7.28. The molecule has 1 amide bonds. The van der Waals surface area contributed by atoms with Crippen LogP contribution in [0.5, 0.6) is 0 Å². The summed E-state index contributed by atoms with van der Waals surface area (Å²) in [5.41, 5.74) is 0.0139. The van der Waals surface area contributed by atoms with Gasteiger partial charge < -0.3 is 10.1 Å². The van der Waals surface area contributed by atoms with Crippen LogP contribution in [0.25, 0.3) is 0 Å². The maximum atomic E-state index is 11.6. The van der Waals surface area contributed by atoms with E-state index in [4.69, 9.17) is 4.74 Å². The van der Waals surface area contributed by atoms with Crippen molar-refractivity contribution < 1.29 is 17.9 Å². The van der Waals surface area contributed by atoms with E-state index in [0.717, 1.165) is 11.8 Å². The number of hydrogen-bond donors (Lipinski definition) is 1. The van der Waals surface area contributed by atoms with Crippen LogP contribution in [-0.2, 0) is 21.2 Å². The number of hydrogen-bond acceptors (Lipinski definition) is 4. The molecule has 1 aromatic carbocycles. The summed E-state index contributed by atoms with van der Waals surface area (Å²) < 4.78 is 27.5. The summed E-state index contributed by atoms with van der Waals surface area (Å²) in [6.07, 6.45) is 0.503. The Hall–Kier alpha value is -1.56. The van der Waals surface area contributed by atoms with Gasteiger partial charge in [0, 0.05) is 6.26 Å². The molecule has 0 bridgehead atoms. The zero-order valence-corrected chi connectivity index (χ0v) is 12.2. The maximum absolute atomic E-state index is 11.6. The van der Waals surface area contributed by atoms with E-state index in [-0.39, 0.29) is 12.4 Å². The van der Waals surface area contributed by atoms with Gasteiger partial charge in [0.25, 0.3) is 0 Å². The zero-order valence-electron chi connectivity index (χ0n) is 11.3. The molecule has 1 rings (SSSR count). The molecule has 0 fully saturated rings. The first-order chi connectivity index (χ1) is 8.68. The first-order valence-electron chi connectivity index (χ1n) is 5.84. The van der Waals surface area contributed by atoms with Gasteiger partial charge in [-0.05, 0) is 19.4 Å². The van der Waals surface area contributed by atoms with Gasteiger partial charge in [0.05, 0.1) is 11.3 Å². The molecule has 5 nitrogen and oxygen atoms in total. The molecule has 106 valence electrons. The Morgan fingerprint density at radius 3 is 2.37 bits per heavy atom. The Bertz CT molecular complexity index is 523. The Balaban J connectivity index is 2.47. The van der Waals surface area contributed by atoms with Gasteiger partial charge in [0.1, 0.15) is 16.4 Å². The molecule has 0 saturated heterocycles. The van der Waals surface area contributed by atoms with Crippen molar-refractivity contribution in [3.8, 4) is 0 Å². The van der Waals surface area contributed by atoms with E-state index in [1.54, 1.807) is 13.8 Å². The number of carbonyl (C=O) groups excluding carboxylic acids is 1. The number of carbonyl (C=O) groups is 1. The second-order valence-electron chi connectivity index (χ2n) is 5.14. The number of sulfone groups is 1. The molecule has 0 aliphatic rings. The molecule has 0 atom stereocenters. The highest BCUT2D eigenvalue weighted by Gasteiger charge is 2.26. The molecule has 6 heteroatoms. The van der Waals surface area contributed by atoms with Crippen molar-refractivity contribution in [2.24, 2.45) is 0 Å². The van der Waals surface area contributed by atoms with Crippen LogP contribution in [-0.4, -0.2) is 32.1 Å². The molecule has 0 aliphatic carbocycles. The first kappa shape index (κ1) is 15.5. The van der Waals surface area contributed by atoms with E-state index in [0.29, 0.717) is 0 Å². The largest absolute Gasteiger partial charge is 0.445 e. The summed E-state index contributed by atoms with van der Waals surface area (Å²) in [6, 6.07) is 9.26.